The Kier molecular flexibility index (Phi) is 4.27. The number of fused-ring (bicyclic) bond motifs is 2. The van der Waals surface area contributed by atoms with Gasteiger partial charge in [-0.3, -0.25) is 4.79 Å². The summed E-state index contributed by atoms with van der Waals surface area (Å²) in [6, 6.07) is 12.9. The zero-order chi connectivity index (χ0) is 19.0. The average Bonchev–Trinajstić information content (AvgIpc) is 2.95. The summed E-state index contributed by atoms with van der Waals surface area (Å²) in [7, 11) is 0. The van der Waals surface area contributed by atoms with Crippen molar-refractivity contribution < 1.29 is 19.4 Å². The number of hydrogen-bond acceptors (Lipinski definition) is 5. The molecule has 1 N–H and O–H groups in total. The van der Waals surface area contributed by atoms with Gasteiger partial charge >= 0.3 is 5.91 Å². The molecule has 0 spiro atoms. The third kappa shape index (κ3) is 3.01. The molecule has 7 nitrogen and oxygen atoms in total. The molecule has 27 heavy (non-hydrogen) atoms. The molecule has 1 atom stereocenters. The van der Waals surface area contributed by atoms with E-state index in [0.717, 1.165) is 16.5 Å². The number of hydrogen-bond donors (Lipinski definition) is 1. The van der Waals surface area contributed by atoms with Crippen molar-refractivity contribution in [2.24, 2.45) is 10.2 Å². The number of benzene rings is 2. The summed E-state index contributed by atoms with van der Waals surface area (Å²) in [6.07, 6.45) is -0.868. The molecule has 4 rings (SSSR count). The lowest BCUT2D eigenvalue weighted by Gasteiger charge is -2.23. The predicted octanol–water partition coefficient (Wildman–Crippen LogP) is 4.13. The Morgan fingerprint density at radius 3 is 2.81 bits per heavy atom. The quantitative estimate of drug-likeness (QED) is 0.707. The molecule has 0 aliphatic carbocycles. The van der Waals surface area contributed by atoms with Gasteiger partial charge in [0.15, 0.2) is 17.2 Å². The maximum absolute atomic E-state index is 12.4. The second-order valence-electron chi connectivity index (χ2n) is 6.34. The van der Waals surface area contributed by atoms with Crippen LogP contribution >= 0.6 is 0 Å². The summed E-state index contributed by atoms with van der Waals surface area (Å²) in [5.41, 5.74) is 2.15. The maximum Gasteiger partial charge on any atom is 0.308 e. The van der Waals surface area contributed by atoms with Crippen molar-refractivity contribution in [3.63, 3.8) is 0 Å². The first-order valence-corrected chi connectivity index (χ1v) is 8.74. The number of aromatic hydroxyl groups is 1. The number of nitrogens with zero attached hydrogens (tertiary/aromatic N) is 3. The fraction of sp³-hybridized carbons (Fsp3) is 0.250. The van der Waals surface area contributed by atoms with Crippen LogP contribution in [0.4, 0.5) is 5.69 Å². The van der Waals surface area contributed by atoms with E-state index in [-0.39, 0.29) is 18.2 Å². The van der Waals surface area contributed by atoms with Crippen molar-refractivity contribution in [2.45, 2.75) is 26.5 Å². The molecule has 0 saturated heterocycles. The van der Waals surface area contributed by atoms with Crippen molar-refractivity contribution in [3.8, 4) is 17.4 Å². The first kappa shape index (κ1) is 17.1. The highest BCUT2D eigenvalue weighted by Gasteiger charge is 2.27. The van der Waals surface area contributed by atoms with Gasteiger partial charge in [0.05, 0.1) is 5.52 Å². The monoisotopic (exact) mass is 365 g/mol. The molecule has 138 valence electrons. The van der Waals surface area contributed by atoms with Gasteiger partial charge < -0.3 is 19.1 Å². The van der Waals surface area contributed by atoms with Crippen molar-refractivity contribution in [2.75, 3.05) is 6.61 Å². The van der Waals surface area contributed by atoms with E-state index in [0.29, 0.717) is 18.0 Å². The highest BCUT2D eigenvalue weighted by molar-refractivity contribution is 5.96. The average molecular weight is 365 g/mol. The smallest absolute Gasteiger partial charge is 0.308 e. The number of amides is 1. The molecule has 0 unspecified atom stereocenters. The molecule has 0 saturated carbocycles. The van der Waals surface area contributed by atoms with Crippen molar-refractivity contribution in [3.05, 3.63) is 48.0 Å². The van der Waals surface area contributed by atoms with E-state index < -0.39 is 12.0 Å². The lowest BCUT2D eigenvalue weighted by atomic mass is 10.1. The van der Waals surface area contributed by atoms with Gasteiger partial charge in [-0.1, -0.05) is 23.8 Å². The Labute approximate surface area is 155 Å². The van der Waals surface area contributed by atoms with Gasteiger partial charge in [0.1, 0.15) is 6.61 Å². The maximum atomic E-state index is 12.4. The fourth-order valence-electron chi connectivity index (χ4n) is 3.16. The fourth-order valence-corrected chi connectivity index (χ4v) is 3.16. The Bertz CT molecular complexity index is 1050. The number of carbonyl (C=O) groups excluding carboxylic acids is 1. The first-order chi connectivity index (χ1) is 13.1. The minimum Gasteiger partial charge on any atom is -0.493 e. The number of rotatable bonds is 3. The zero-order valence-corrected chi connectivity index (χ0v) is 15.0. The number of para-hydroxylation sites is 2. The molecular weight excluding hydrogens is 346 g/mol. The van der Waals surface area contributed by atoms with Gasteiger partial charge in [0.25, 0.3) is 0 Å². The van der Waals surface area contributed by atoms with E-state index in [9.17, 15) is 9.90 Å². The van der Waals surface area contributed by atoms with Gasteiger partial charge in [-0.25, -0.2) is 0 Å². The Balaban J connectivity index is 1.63. The molecule has 0 bridgehead atoms. The van der Waals surface area contributed by atoms with E-state index in [1.165, 1.54) is 0 Å². The highest BCUT2D eigenvalue weighted by atomic mass is 16.6. The van der Waals surface area contributed by atoms with E-state index >= 15 is 0 Å². The Hall–Kier alpha value is -3.35. The van der Waals surface area contributed by atoms with Crippen LogP contribution < -0.4 is 9.47 Å². The van der Waals surface area contributed by atoms with Crippen LogP contribution in [0.25, 0.3) is 10.9 Å². The summed E-state index contributed by atoms with van der Waals surface area (Å²) >= 11 is 0. The molecule has 2 aromatic carbocycles. The number of aromatic nitrogens is 1. The highest BCUT2D eigenvalue weighted by Crippen LogP contribution is 2.39. The number of azo groups is 1. The van der Waals surface area contributed by atoms with Gasteiger partial charge in [-0.15, -0.1) is 10.2 Å². The molecule has 7 heteroatoms. The van der Waals surface area contributed by atoms with Crippen LogP contribution in [0.5, 0.6) is 17.4 Å². The van der Waals surface area contributed by atoms with E-state index in [1.54, 1.807) is 22.8 Å². The lowest BCUT2D eigenvalue weighted by Crippen LogP contribution is -2.35. The second kappa shape index (κ2) is 6.75. The van der Waals surface area contributed by atoms with E-state index in [2.05, 4.69) is 10.2 Å². The topological polar surface area (TPSA) is 85.4 Å². The molecule has 0 radical (unpaired) electrons. The van der Waals surface area contributed by atoms with Crippen LogP contribution in [0.15, 0.2) is 52.7 Å². The minimum atomic E-state index is -0.868. The van der Waals surface area contributed by atoms with Gasteiger partial charge in [-0.05, 0) is 38.1 Å². The molecule has 1 aliphatic rings. The number of carbonyl (C=O) groups is 1. The van der Waals surface area contributed by atoms with Crippen molar-refractivity contribution in [1.82, 2.24) is 4.57 Å². The summed E-state index contributed by atoms with van der Waals surface area (Å²) in [4.78, 5) is 12.4. The van der Waals surface area contributed by atoms with Crippen LogP contribution in [0.3, 0.4) is 0 Å². The largest absolute Gasteiger partial charge is 0.493 e. The molecule has 0 fully saturated rings. The Morgan fingerprint density at radius 1 is 1.26 bits per heavy atom. The normalized spacial score (nSPS) is 16.1. The summed E-state index contributed by atoms with van der Waals surface area (Å²) in [5.74, 6) is 0.519. The van der Waals surface area contributed by atoms with Crippen LogP contribution in [0, 0.1) is 6.92 Å². The van der Waals surface area contributed by atoms with Gasteiger partial charge in [0, 0.05) is 11.9 Å². The van der Waals surface area contributed by atoms with Crippen LogP contribution in [-0.4, -0.2) is 28.3 Å². The third-order valence-electron chi connectivity index (χ3n) is 4.51. The summed E-state index contributed by atoms with van der Waals surface area (Å²) in [5, 5.41) is 19.1. The number of ether oxygens (including phenoxy) is 2. The number of aryl methyl sites for hydroxylation is 2. The molecule has 1 amide bonds. The molecule has 1 aromatic heterocycles. The predicted molar refractivity (Wildman–Crippen MR) is 99.9 cm³/mol. The van der Waals surface area contributed by atoms with Gasteiger partial charge in [-0.2, -0.15) is 0 Å². The molecule has 2 heterocycles. The van der Waals surface area contributed by atoms with Crippen LogP contribution in [0.1, 0.15) is 12.5 Å². The summed E-state index contributed by atoms with van der Waals surface area (Å²) in [6.45, 7) is 4.52. The van der Waals surface area contributed by atoms with Crippen LogP contribution in [-0.2, 0) is 11.3 Å². The summed E-state index contributed by atoms with van der Waals surface area (Å²) < 4.78 is 12.9. The van der Waals surface area contributed by atoms with Gasteiger partial charge in [0.2, 0.25) is 12.0 Å². The van der Waals surface area contributed by atoms with Crippen molar-refractivity contribution >= 4 is 22.5 Å². The first-order valence-electron chi connectivity index (χ1n) is 8.74. The lowest BCUT2D eigenvalue weighted by molar-refractivity contribution is -0.127. The van der Waals surface area contributed by atoms with Crippen molar-refractivity contribution in [1.29, 1.82) is 0 Å². The molecule has 3 aromatic rings. The molecule has 1 aliphatic heterocycles. The SMILES string of the molecule is CCn1c(O)c(N=NC(=O)[C@H]2COc3ccccc3O2)c2cc(C)ccc21. The second-order valence-corrected chi connectivity index (χ2v) is 6.34. The standard InChI is InChI=1S/C20H19N3O4/c1-3-23-14-9-8-12(2)10-13(14)18(20(23)25)21-22-19(24)17-11-26-15-6-4-5-7-16(15)27-17/h4-10,17,25H,3,11H2,1-2H3/t17-/m1/s1. The third-order valence-corrected chi connectivity index (χ3v) is 4.51. The minimum absolute atomic E-state index is 0.0131. The zero-order valence-electron chi connectivity index (χ0n) is 15.0. The Morgan fingerprint density at radius 2 is 2.04 bits per heavy atom. The molecular formula is C20H19N3O4. The van der Waals surface area contributed by atoms with E-state index in [4.69, 9.17) is 9.47 Å². The van der Waals surface area contributed by atoms with Crippen LogP contribution in [0.2, 0.25) is 0 Å². The van der Waals surface area contributed by atoms with E-state index in [1.807, 2.05) is 38.1 Å².